The van der Waals surface area contributed by atoms with Gasteiger partial charge in [0, 0.05) is 17.5 Å². The number of anilines is 1. The molecule has 11 heteroatoms. The van der Waals surface area contributed by atoms with Gasteiger partial charge in [-0.15, -0.1) is 0 Å². The summed E-state index contributed by atoms with van der Waals surface area (Å²) in [4.78, 5) is 44.9. The Balaban J connectivity index is 1.71. The topological polar surface area (TPSA) is 143 Å². The molecule has 1 unspecified atom stereocenters. The molecule has 0 aliphatic heterocycles. The summed E-state index contributed by atoms with van der Waals surface area (Å²) in [5, 5.41) is 17.3. The Hall–Kier alpha value is -4.12. The molecule has 2 aromatic heterocycles. The van der Waals surface area contributed by atoms with Crippen LogP contribution in [-0.2, 0) is 9.47 Å². The van der Waals surface area contributed by atoms with E-state index < -0.39 is 23.4 Å². The number of aromatic nitrogens is 2. The van der Waals surface area contributed by atoms with E-state index in [-0.39, 0.29) is 22.4 Å². The predicted molar refractivity (Wildman–Crippen MR) is 162 cm³/mol. The van der Waals surface area contributed by atoms with E-state index >= 15 is 0 Å². The number of carbonyl (C=O) groups is 2. The maximum atomic E-state index is 13.0. The fourth-order valence-corrected chi connectivity index (χ4v) is 5.25. The Bertz CT molecular complexity index is 1680. The largest absolute Gasteiger partial charge is 0.507 e. The van der Waals surface area contributed by atoms with Crippen LogP contribution in [0.2, 0.25) is 0 Å². The predicted octanol–water partition coefficient (Wildman–Crippen LogP) is 6.79. The number of aromatic amines is 1. The summed E-state index contributed by atoms with van der Waals surface area (Å²) in [5.74, 6) is 0.0356. The summed E-state index contributed by atoms with van der Waals surface area (Å²) in [6, 6.07) is 9.23. The number of pyridine rings is 1. The maximum Gasteiger partial charge on any atom is 0.413 e. The second-order valence-corrected chi connectivity index (χ2v) is 13.0. The highest BCUT2D eigenvalue weighted by atomic mass is 32.1. The molecule has 0 fully saturated rings. The van der Waals surface area contributed by atoms with Crippen LogP contribution in [0.4, 0.5) is 14.7 Å². The van der Waals surface area contributed by atoms with Crippen LogP contribution < -0.4 is 16.2 Å². The van der Waals surface area contributed by atoms with Gasteiger partial charge in [0.2, 0.25) is 0 Å². The third-order valence-electron chi connectivity index (χ3n) is 6.14. The molecule has 1 atom stereocenters. The number of fused-ring (bicyclic) bond motifs is 3. The van der Waals surface area contributed by atoms with Gasteiger partial charge in [0.05, 0.1) is 11.0 Å². The normalized spacial score (nSPS) is 12.8. The lowest BCUT2D eigenvalue weighted by Gasteiger charge is -2.21. The minimum absolute atomic E-state index is 0.00279. The van der Waals surface area contributed by atoms with Crippen LogP contribution in [0.1, 0.15) is 65.5 Å². The minimum atomic E-state index is -0.698. The molecular formula is C30H36N4O6S. The summed E-state index contributed by atoms with van der Waals surface area (Å²) in [7, 11) is 0. The second kappa shape index (κ2) is 11.0. The molecule has 0 spiro atoms. The van der Waals surface area contributed by atoms with Crippen LogP contribution in [0.15, 0.2) is 35.1 Å². The average molecular weight is 581 g/mol. The summed E-state index contributed by atoms with van der Waals surface area (Å²) in [5.41, 5.74) is 2.17. The number of ether oxygens (including phenoxy) is 2. The van der Waals surface area contributed by atoms with Gasteiger partial charge < -0.3 is 24.9 Å². The average Bonchev–Trinajstić information content (AvgIpc) is 3.25. The van der Waals surface area contributed by atoms with Crippen LogP contribution >= 0.6 is 11.3 Å². The number of hydrogen-bond acceptors (Lipinski definition) is 8. The van der Waals surface area contributed by atoms with Gasteiger partial charge in [-0.2, -0.15) is 0 Å². The number of nitrogens with zero attached hydrogens (tertiary/aromatic N) is 1. The monoisotopic (exact) mass is 580 g/mol. The zero-order valence-electron chi connectivity index (χ0n) is 24.5. The number of aryl methyl sites for hydroxylation is 1. The van der Waals surface area contributed by atoms with Crippen molar-refractivity contribution in [3.05, 3.63) is 51.8 Å². The molecule has 10 nitrogen and oxygen atoms in total. The van der Waals surface area contributed by atoms with Gasteiger partial charge in [0.15, 0.2) is 5.13 Å². The molecule has 41 heavy (non-hydrogen) atoms. The Kier molecular flexibility index (Phi) is 8.04. The molecule has 0 saturated heterocycles. The highest BCUT2D eigenvalue weighted by Crippen LogP contribution is 2.41. The van der Waals surface area contributed by atoms with Crippen molar-refractivity contribution in [3.8, 4) is 16.9 Å². The fraction of sp³-hybridized carbons (Fsp3) is 0.400. The van der Waals surface area contributed by atoms with Crippen molar-refractivity contribution >= 4 is 49.8 Å². The van der Waals surface area contributed by atoms with E-state index in [1.807, 2.05) is 52.0 Å². The Morgan fingerprint density at radius 3 is 2.27 bits per heavy atom. The van der Waals surface area contributed by atoms with Gasteiger partial charge in [0.25, 0.3) is 5.56 Å². The Morgan fingerprint density at radius 2 is 1.66 bits per heavy atom. The zero-order chi connectivity index (χ0) is 30.3. The maximum absolute atomic E-state index is 13.0. The molecule has 218 valence electrons. The van der Waals surface area contributed by atoms with E-state index in [9.17, 15) is 19.5 Å². The Morgan fingerprint density at radius 1 is 1.05 bits per heavy atom. The lowest BCUT2D eigenvalue weighted by molar-refractivity contribution is 0.0524. The highest BCUT2D eigenvalue weighted by Gasteiger charge is 2.23. The number of benzene rings is 2. The van der Waals surface area contributed by atoms with Crippen molar-refractivity contribution in [1.29, 1.82) is 0 Å². The van der Waals surface area contributed by atoms with E-state index in [0.717, 1.165) is 16.9 Å². The second-order valence-electron chi connectivity index (χ2n) is 12.0. The number of carbonyl (C=O) groups excluding carboxylic acids is 2. The highest BCUT2D eigenvalue weighted by molar-refractivity contribution is 7.22. The number of hydrogen-bond donors (Lipinski definition) is 4. The fourth-order valence-electron chi connectivity index (χ4n) is 4.39. The van der Waals surface area contributed by atoms with Gasteiger partial charge in [0.1, 0.15) is 21.7 Å². The first-order chi connectivity index (χ1) is 19.0. The molecule has 2 amide bonds. The van der Waals surface area contributed by atoms with Crippen LogP contribution in [-0.4, -0.2) is 45.0 Å². The molecule has 2 heterocycles. The van der Waals surface area contributed by atoms with Crippen LogP contribution in [0.3, 0.4) is 0 Å². The van der Waals surface area contributed by atoms with Gasteiger partial charge in [-0.3, -0.25) is 10.1 Å². The number of thiazole rings is 1. The SMILES string of the molecule is Cc1cc(O)c(-c2ccc(C(C)CNC(=O)OC(C)(C)C)cc2)c2c1[nH]c(=O)c1sc(NC(=O)OC(C)(C)C)nc12. The number of amides is 2. The summed E-state index contributed by atoms with van der Waals surface area (Å²) < 4.78 is 11.0. The van der Waals surface area contributed by atoms with Crippen molar-refractivity contribution < 1.29 is 24.2 Å². The Labute approximate surface area is 242 Å². The molecule has 0 aliphatic carbocycles. The van der Waals surface area contributed by atoms with Gasteiger partial charge in [-0.25, -0.2) is 14.6 Å². The van der Waals surface area contributed by atoms with E-state index in [4.69, 9.17) is 9.47 Å². The summed E-state index contributed by atoms with van der Waals surface area (Å²) in [6.45, 7) is 14.9. The molecular weight excluding hydrogens is 544 g/mol. The number of phenolic OH excluding ortho intramolecular Hbond substituents is 1. The molecule has 0 bridgehead atoms. The van der Waals surface area contributed by atoms with E-state index in [2.05, 4.69) is 20.6 Å². The molecule has 0 aliphatic rings. The molecule has 4 rings (SSSR count). The third-order valence-corrected chi connectivity index (χ3v) is 7.11. The number of phenols is 1. The minimum Gasteiger partial charge on any atom is -0.507 e. The summed E-state index contributed by atoms with van der Waals surface area (Å²) in [6.07, 6.45) is -1.15. The number of alkyl carbamates (subject to hydrolysis) is 1. The van der Waals surface area contributed by atoms with E-state index in [1.54, 1.807) is 33.8 Å². The first-order valence-electron chi connectivity index (χ1n) is 13.3. The molecule has 0 radical (unpaired) electrons. The first-order valence-corrected chi connectivity index (χ1v) is 14.1. The van der Waals surface area contributed by atoms with Crippen molar-refractivity contribution in [2.24, 2.45) is 0 Å². The summed E-state index contributed by atoms with van der Waals surface area (Å²) >= 11 is 1.03. The number of rotatable bonds is 5. The van der Waals surface area contributed by atoms with Gasteiger partial charge in [-0.1, -0.05) is 42.5 Å². The standard InChI is InChI=1S/C30H36N4O6S/c1-15-13-19(35)20(18-11-9-17(10-12-18)16(2)14-31-27(37)39-29(3,4)5)21-22(15)32-25(36)24-23(21)33-26(41-24)34-28(38)40-30(6,7)8/h9-13,16,35H,14H2,1-8H3,(H,31,37)(H,32,36)(H,33,34,38). The molecule has 0 saturated carbocycles. The van der Waals surface area contributed by atoms with Crippen LogP contribution in [0.5, 0.6) is 5.75 Å². The number of nitrogens with one attached hydrogen (secondary N) is 3. The van der Waals surface area contributed by atoms with Crippen molar-refractivity contribution in [2.45, 2.75) is 72.5 Å². The van der Waals surface area contributed by atoms with Crippen LogP contribution in [0.25, 0.3) is 32.2 Å². The molecule has 4 aromatic rings. The number of H-pyrrole nitrogens is 1. The molecule has 4 N–H and O–H groups in total. The van der Waals surface area contributed by atoms with Gasteiger partial charge >= 0.3 is 12.2 Å². The van der Waals surface area contributed by atoms with Crippen molar-refractivity contribution in [3.63, 3.8) is 0 Å². The van der Waals surface area contributed by atoms with E-state index in [1.165, 1.54) is 0 Å². The van der Waals surface area contributed by atoms with E-state index in [0.29, 0.717) is 44.4 Å². The lowest BCUT2D eigenvalue weighted by atomic mass is 9.93. The lowest BCUT2D eigenvalue weighted by Crippen LogP contribution is -2.34. The quantitative estimate of drug-likeness (QED) is 0.203. The third kappa shape index (κ3) is 6.97. The zero-order valence-corrected chi connectivity index (χ0v) is 25.3. The van der Waals surface area contributed by atoms with Crippen molar-refractivity contribution in [1.82, 2.24) is 15.3 Å². The van der Waals surface area contributed by atoms with Gasteiger partial charge in [-0.05, 0) is 77.1 Å². The van der Waals surface area contributed by atoms with Crippen molar-refractivity contribution in [2.75, 3.05) is 11.9 Å². The smallest absolute Gasteiger partial charge is 0.413 e. The first kappa shape index (κ1) is 29.9. The van der Waals surface area contributed by atoms with Crippen LogP contribution in [0, 0.1) is 6.92 Å². The number of aromatic hydroxyl groups is 1. The molecule has 2 aromatic carbocycles.